The highest BCUT2D eigenvalue weighted by Gasteiger charge is 2.26. The molecule has 1 fully saturated rings. The summed E-state index contributed by atoms with van der Waals surface area (Å²) in [5.74, 6) is 0.0335. The van der Waals surface area contributed by atoms with Crippen LogP contribution in [0.2, 0.25) is 5.02 Å². The van der Waals surface area contributed by atoms with Gasteiger partial charge in [-0.05, 0) is 61.8 Å². The minimum Gasteiger partial charge on any atom is -0.480 e. The predicted molar refractivity (Wildman–Crippen MR) is 135 cm³/mol. The van der Waals surface area contributed by atoms with Gasteiger partial charge >= 0.3 is 5.97 Å². The van der Waals surface area contributed by atoms with Crippen molar-refractivity contribution in [3.05, 3.63) is 65.3 Å². The van der Waals surface area contributed by atoms with Crippen LogP contribution < -0.4 is 5.73 Å². The topological polar surface area (TPSA) is 90.4 Å². The van der Waals surface area contributed by atoms with Gasteiger partial charge in [-0.15, -0.1) is 0 Å². The number of halogens is 1. The van der Waals surface area contributed by atoms with Crippen LogP contribution >= 0.6 is 11.6 Å². The third-order valence-electron chi connectivity index (χ3n) is 6.58. The monoisotopic (exact) mass is 481 g/mol. The zero-order valence-electron chi connectivity index (χ0n) is 19.3. The summed E-state index contributed by atoms with van der Waals surface area (Å²) >= 11 is 6.36. The van der Waals surface area contributed by atoms with Gasteiger partial charge in [0.25, 0.3) is 0 Å². The van der Waals surface area contributed by atoms with Crippen LogP contribution in [0.25, 0.3) is 22.4 Å². The Kier molecular flexibility index (Phi) is 8.38. The lowest BCUT2D eigenvalue weighted by Gasteiger charge is -2.28. The highest BCUT2D eigenvalue weighted by atomic mass is 35.5. The first-order valence-electron chi connectivity index (χ1n) is 12.0. The Balaban J connectivity index is 1.59. The normalized spacial score (nSPS) is 18.2. The Morgan fingerprint density at radius 2 is 1.76 bits per heavy atom. The van der Waals surface area contributed by atoms with Crippen molar-refractivity contribution in [2.75, 3.05) is 19.8 Å². The van der Waals surface area contributed by atoms with E-state index in [-0.39, 0.29) is 6.61 Å². The lowest BCUT2D eigenvalue weighted by molar-refractivity contribution is -0.142. The van der Waals surface area contributed by atoms with Gasteiger partial charge in [-0.25, -0.2) is 4.79 Å². The van der Waals surface area contributed by atoms with Crippen molar-refractivity contribution in [3.63, 3.8) is 0 Å². The van der Waals surface area contributed by atoms with E-state index in [1.54, 1.807) is 0 Å². The number of hydrogen-bond donors (Lipinski definition) is 2. The van der Waals surface area contributed by atoms with Crippen LogP contribution in [-0.4, -0.2) is 40.6 Å². The smallest absolute Gasteiger partial charge is 0.329 e. The minimum atomic E-state index is -0.912. The molecule has 0 radical (unpaired) electrons. The molecule has 0 atom stereocenters. The summed E-state index contributed by atoms with van der Waals surface area (Å²) in [5, 5.41) is 14.6. The molecule has 0 bridgehead atoms. The van der Waals surface area contributed by atoms with Gasteiger partial charge in [0.2, 0.25) is 0 Å². The van der Waals surface area contributed by atoms with Crippen molar-refractivity contribution in [3.8, 4) is 22.4 Å². The number of hydrogen-bond acceptors (Lipinski definition) is 4. The number of nitrogens with two attached hydrogens (primary N) is 1. The average molecular weight is 482 g/mol. The zero-order valence-corrected chi connectivity index (χ0v) is 20.1. The number of aromatic nitrogens is 2. The third-order valence-corrected chi connectivity index (χ3v) is 6.81. The Labute approximate surface area is 205 Å². The Morgan fingerprint density at radius 1 is 1.06 bits per heavy atom. The van der Waals surface area contributed by atoms with E-state index in [0.29, 0.717) is 30.0 Å². The number of ether oxygens (including phenoxy) is 1. The fraction of sp³-hybridized carbons (Fsp3) is 0.407. The number of nitrogens with zero attached hydrogens (tertiary/aromatic N) is 2. The second kappa shape index (κ2) is 11.6. The standard InChI is InChI=1S/C27H32ClN3O3/c28-23-8-4-7-22(15-23)26-24(13-14-29)31(30-27(26)21-5-2-1-3-6-21)16-19-9-11-20(12-10-19)17-34-18-25(32)33/h1-8,15,19-20H,9-14,16-18,29H2,(H,32,33). The molecule has 0 amide bonds. The van der Waals surface area contributed by atoms with E-state index in [1.165, 1.54) is 0 Å². The Morgan fingerprint density at radius 3 is 2.44 bits per heavy atom. The number of carboxylic acid groups (broad SMARTS) is 1. The lowest BCUT2D eigenvalue weighted by Crippen LogP contribution is -2.24. The maximum absolute atomic E-state index is 10.7. The van der Waals surface area contributed by atoms with Crippen molar-refractivity contribution in [2.45, 2.75) is 38.6 Å². The maximum Gasteiger partial charge on any atom is 0.329 e. The molecule has 0 unspecified atom stereocenters. The van der Waals surface area contributed by atoms with Gasteiger partial charge in [-0.2, -0.15) is 5.10 Å². The highest BCUT2D eigenvalue weighted by molar-refractivity contribution is 6.30. The summed E-state index contributed by atoms with van der Waals surface area (Å²) in [4.78, 5) is 10.7. The molecule has 1 heterocycles. The molecule has 1 aliphatic carbocycles. The summed E-state index contributed by atoms with van der Waals surface area (Å²) in [5.41, 5.74) is 11.4. The number of carboxylic acids is 1. The Hall–Kier alpha value is -2.67. The number of aliphatic carboxylic acids is 1. The summed E-state index contributed by atoms with van der Waals surface area (Å²) in [6.45, 7) is 1.69. The van der Waals surface area contributed by atoms with Crippen molar-refractivity contribution < 1.29 is 14.6 Å². The molecule has 3 aromatic rings. The SMILES string of the molecule is NCCc1c(-c2cccc(Cl)c2)c(-c2ccccc2)nn1CC1CCC(COCC(=O)O)CC1. The number of rotatable bonds is 10. The van der Waals surface area contributed by atoms with Gasteiger partial charge in [-0.3, -0.25) is 4.68 Å². The summed E-state index contributed by atoms with van der Waals surface area (Å²) < 4.78 is 7.49. The first-order valence-corrected chi connectivity index (χ1v) is 12.3. The van der Waals surface area contributed by atoms with Crippen molar-refractivity contribution >= 4 is 17.6 Å². The van der Waals surface area contributed by atoms with E-state index in [2.05, 4.69) is 22.9 Å². The molecule has 3 N–H and O–H groups in total. The molecule has 2 aromatic carbocycles. The molecule has 0 spiro atoms. The lowest BCUT2D eigenvalue weighted by atomic mass is 9.82. The molecule has 4 rings (SSSR count). The number of carbonyl (C=O) groups is 1. The number of benzene rings is 2. The van der Waals surface area contributed by atoms with E-state index < -0.39 is 5.97 Å². The second-order valence-electron chi connectivity index (χ2n) is 9.06. The van der Waals surface area contributed by atoms with Crippen LogP contribution in [0.5, 0.6) is 0 Å². The largest absolute Gasteiger partial charge is 0.480 e. The first-order chi connectivity index (χ1) is 16.5. The van der Waals surface area contributed by atoms with Crippen LogP contribution in [0.15, 0.2) is 54.6 Å². The molecular weight excluding hydrogens is 450 g/mol. The van der Waals surface area contributed by atoms with Crippen LogP contribution in [0.4, 0.5) is 0 Å². The summed E-state index contributed by atoms with van der Waals surface area (Å²) in [7, 11) is 0. The predicted octanol–water partition coefficient (Wildman–Crippen LogP) is 5.28. The van der Waals surface area contributed by atoms with Gasteiger partial charge in [0.1, 0.15) is 12.3 Å². The van der Waals surface area contributed by atoms with Crippen LogP contribution in [-0.2, 0) is 22.5 Å². The average Bonchev–Trinajstić information content (AvgIpc) is 3.19. The minimum absolute atomic E-state index is 0.218. The van der Waals surface area contributed by atoms with E-state index >= 15 is 0 Å². The van der Waals surface area contributed by atoms with Gasteiger partial charge in [0, 0.05) is 34.8 Å². The molecule has 1 saturated carbocycles. The van der Waals surface area contributed by atoms with E-state index in [4.69, 9.17) is 32.3 Å². The van der Waals surface area contributed by atoms with Gasteiger partial charge < -0.3 is 15.6 Å². The molecule has 1 aromatic heterocycles. The van der Waals surface area contributed by atoms with Crippen molar-refractivity contribution in [1.82, 2.24) is 9.78 Å². The second-order valence-corrected chi connectivity index (χ2v) is 9.50. The maximum atomic E-state index is 10.7. The molecule has 0 saturated heterocycles. The molecule has 1 aliphatic rings. The molecule has 7 heteroatoms. The first kappa shape index (κ1) is 24.5. The van der Waals surface area contributed by atoms with Gasteiger partial charge in [0.15, 0.2) is 0 Å². The Bertz CT molecular complexity index is 1090. The van der Waals surface area contributed by atoms with Crippen LogP contribution in [0, 0.1) is 11.8 Å². The van der Waals surface area contributed by atoms with Gasteiger partial charge in [0.05, 0.1) is 6.61 Å². The molecule has 0 aliphatic heterocycles. The van der Waals surface area contributed by atoms with E-state index in [0.717, 1.165) is 66.7 Å². The van der Waals surface area contributed by atoms with Crippen molar-refractivity contribution in [1.29, 1.82) is 0 Å². The van der Waals surface area contributed by atoms with Crippen LogP contribution in [0.1, 0.15) is 31.4 Å². The van der Waals surface area contributed by atoms with E-state index in [1.807, 2.05) is 36.4 Å². The quantitative estimate of drug-likeness (QED) is 0.411. The van der Waals surface area contributed by atoms with Crippen molar-refractivity contribution in [2.24, 2.45) is 17.6 Å². The third kappa shape index (κ3) is 6.06. The molecule has 180 valence electrons. The summed E-state index contributed by atoms with van der Waals surface area (Å²) in [6, 6.07) is 18.2. The molecule has 6 nitrogen and oxygen atoms in total. The van der Waals surface area contributed by atoms with Crippen LogP contribution in [0.3, 0.4) is 0 Å². The molecule has 34 heavy (non-hydrogen) atoms. The highest BCUT2D eigenvalue weighted by Crippen LogP contribution is 2.37. The zero-order chi connectivity index (χ0) is 23.9. The van der Waals surface area contributed by atoms with E-state index in [9.17, 15) is 4.79 Å². The fourth-order valence-corrected chi connectivity index (χ4v) is 5.11. The summed E-state index contributed by atoms with van der Waals surface area (Å²) in [6.07, 6.45) is 4.99. The fourth-order valence-electron chi connectivity index (χ4n) is 4.92. The molecular formula is C27H32ClN3O3. The van der Waals surface area contributed by atoms with Gasteiger partial charge in [-0.1, -0.05) is 54.1 Å².